The molecule has 2 aromatic rings. The van der Waals surface area contributed by atoms with Crippen LogP contribution in [0, 0.1) is 16.0 Å². The number of amides is 1. The van der Waals surface area contributed by atoms with Crippen molar-refractivity contribution in [3.05, 3.63) is 75.8 Å². The number of nitrogens with one attached hydrogen (secondary N) is 1. The van der Waals surface area contributed by atoms with Crippen molar-refractivity contribution >= 4 is 5.91 Å². The summed E-state index contributed by atoms with van der Waals surface area (Å²) in [6, 6.07) is 15.8. The van der Waals surface area contributed by atoms with Crippen molar-refractivity contribution in [1.82, 2.24) is 5.32 Å². The lowest BCUT2D eigenvalue weighted by atomic mass is 9.97. The van der Waals surface area contributed by atoms with Crippen LogP contribution in [-0.2, 0) is 4.79 Å². The minimum Gasteiger partial charge on any atom is -0.496 e. The van der Waals surface area contributed by atoms with E-state index in [-0.39, 0.29) is 10.8 Å². The van der Waals surface area contributed by atoms with Gasteiger partial charge in [0.15, 0.2) is 0 Å². The van der Waals surface area contributed by atoms with Crippen LogP contribution in [0.4, 0.5) is 0 Å². The molecular weight excluding hydrogens is 308 g/mol. The number of hydrogen-bond acceptors (Lipinski definition) is 4. The molecule has 1 amide bonds. The summed E-state index contributed by atoms with van der Waals surface area (Å²) in [6.45, 7) is 0. The first-order chi connectivity index (χ1) is 11.6. The highest BCUT2D eigenvalue weighted by Crippen LogP contribution is 2.35. The van der Waals surface area contributed by atoms with Crippen LogP contribution < -0.4 is 10.1 Å². The highest BCUT2D eigenvalue weighted by atomic mass is 16.6. The van der Waals surface area contributed by atoms with E-state index in [2.05, 4.69) is 5.32 Å². The summed E-state index contributed by atoms with van der Waals surface area (Å²) in [5, 5.41) is 13.8. The molecule has 1 aliphatic carbocycles. The quantitative estimate of drug-likeness (QED) is 0.653. The molecule has 0 unspecified atom stereocenters. The second-order valence-electron chi connectivity index (χ2n) is 5.79. The topological polar surface area (TPSA) is 81.5 Å². The van der Waals surface area contributed by atoms with Gasteiger partial charge >= 0.3 is 0 Å². The molecule has 24 heavy (non-hydrogen) atoms. The summed E-state index contributed by atoms with van der Waals surface area (Å²) < 4.78 is 5.41. The Morgan fingerprint density at radius 3 is 2.50 bits per heavy atom. The standard InChI is InChI=1S/C18H18N2O4/c1-24-16-10-6-5-9-13(16)17(12-7-3-2-4-8-12)19-18(21)14-11-15(14)20(22)23/h2-10,14-15,17H,11H2,1H3,(H,19,21)/t14-,15-,17+/m0/s1. The molecule has 3 atom stereocenters. The maximum Gasteiger partial charge on any atom is 0.231 e. The predicted octanol–water partition coefficient (Wildman–Crippen LogP) is 2.57. The smallest absolute Gasteiger partial charge is 0.231 e. The predicted molar refractivity (Wildman–Crippen MR) is 88.3 cm³/mol. The van der Waals surface area contributed by atoms with Gasteiger partial charge in [-0.15, -0.1) is 0 Å². The van der Waals surface area contributed by atoms with Gasteiger partial charge in [-0.05, 0) is 11.6 Å². The highest BCUT2D eigenvalue weighted by molar-refractivity contribution is 5.83. The molecule has 1 saturated carbocycles. The third-order valence-electron chi connectivity index (χ3n) is 4.23. The highest BCUT2D eigenvalue weighted by Gasteiger charge is 2.53. The number of nitro groups is 1. The molecule has 2 aromatic carbocycles. The number of nitrogens with zero attached hydrogens (tertiary/aromatic N) is 1. The average molecular weight is 326 g/mol. The SMILES string of the molecule is COc1ccccc1[C@H](NC(=O)[C@H]1C[C@@H]1[N+](=O)[O-])c1ccccc1. The van der Waals surface area contributed by atoms with Crippen molar-refractivity contribution < 1.29 is 14.5 Å². The molecule has 1 fully saturated rings. The largest absolute Gasteiger partial charge is 0.496 e. The van der Waals surface area contributed by atoms with Gasteiger partial charge in [-0.2, -0.15) is 0 Å². The van der Waals surface area contributed by atoms with Gasteiger partial charge in [-0.3, -0.25) is 14.9 Å². The van der Waals surface area contributed by atoms with Crippen LogP contribution in [0.1, 0.15) is 23.6 Å². The maximum atomic E-state index is 12.4. The second-order valence-corrected chi connectivity index (χ2v) is 5.79. The van der Waals surface area contributed by atoms with Gasteiger partial charge in [0.2, 0.25) is 11.9 Å². The van der Waals surface area contributed by atoms with Crippen molar-refractivity contribution in [2.24, 2.45) is 5.92 Å². The van der Waals surface area contributed by atoms with Gasteiger partial charge in [-0.25, -0.2) is 0 Å². The van der Waals surface area contributed by atoms with Crippen LogP contribution in [0.15, 0.2) is 54.6 Å². The number of hydrogen-bond donors (Lipinski definition) is 1. The third kappa shape index (κ3) is 3.22. The molecule has 6 nitrogen and oxygen atoms in total. The van der Waals surface area contributed by atoms with E-state index in [4.69, 9.17) is 4.74 Å². The fourth-order valence-corrected chi connectivity index (χ4v) is 2.84. The third-order valence-corrected chi connectivity index (χ3v) is 4.23. The summed E-state index contributed by atoms with van der Waals surface area (Å²) in [6.07, 6.45) is 0.298. The Morgan fingerprint density at radius 1 is 1.21 bits per heavy atom. The van der Waals surface area contributed by atoms with E-state index in [1.54, 1.807) is 7.11 Å². The van der Waals surface area contributed by atoms with Gasteiger partial charge in [0.1, 0.15) is 11.7 Å². The van der Waals surface area contributed by atoms with Crippen LogP contribution >= 0.6 is 0 Å². The summed E-state index contributed by atoms with van der Waals surface area (Å²) in [5.41, 5.74) is 1.71. The molecule has 1 N–H and O–H groups in total. The minimum atomic E-state index is -0.765. The summed E-state index contributed by atoms with van der Waals surface area (Å²) in [4.78, 5) is 22.8. The normalized spacial score (nSPS) is 20.0. The van der Waals surface area contributed by atoms with E-state index in [0.29, 0.717) is 12.2 Å². The first kappa shape index (κ1) is 16.0. The Kier molecular flexibility index (Phi) is 4.46. The van der Waals surface area contributed by atoms with Crippen molar-refractivity contribution in [2.45, 2.75) is 18.5 Å². The van der Waals surface area contributed by atoms with E-state index in [1.807, 2.05) is 54.6 Å². The van der Waals surface area contributed by atoms with Gasteiger partial charge < -0.3 is 10.1 Å². The lowest BCUT2D eigenvalue weighted by Crippen LogP contribution is -2.32. The van der Waals surface area contributed by atoms with Crippen molar-refractivity contribution in [2.75, 3.05) is 7.11 Å². The van der Waals surface area contributed by atoms with E-state index in [1.165, 1.54) is 0 Å². The zero-order valence-electron chi connectivity index (χ0n) is 13.2. The first-order valence-electron chi connectivity index (χ1n) is 7.73. The zero-order valence-corrected chi connectivity index (χ0v) is 13.2. The van der Waals surface area contributed by atoms with Crippen molar-refractivity contribution in [3.8, 4) is 5.75 Å². The fourth-order valence-electron chi connectivity index (χ4n) is 2.84. The lowest BCUT2D eigenvalue weighted by Gasteiger charge is -2.21. The van der Waals surface area contributed by atoms with Crippen LogP contribution in [0.25, 0.3) is 0 Å². The number of methoxy groups -OCH3 is 1. The van der Waals surface area contributed by atoms with Gasteiger partial charge in [0.25, 0.3) is 0 Å². The number of para-hydroxylation sites is 1. The Bertz CT molecular complexity index is 748. The molecule has 0 saturated heterocycles. The van der Waals surface area contributed by atoms with E-state index >= 15 is 0 Å². The van der Waals surface area contributed by atoms with E-state index in [9.17, 15) is 14.9 Å². The molecule has 3 rings (SSSR count). The molecule has 0 spiro atoms. The molecular formula is C18H18N2O4. The number of benzene rings is 2. The number of carbonyl (C=O) groups is 1. The lowest BCUT2D eigenvalue weighted by molar-refractivity contribution is -0.497. The molecule has 0 bridgehead atoms. The van der Waals surface area contributed by atoms with Crippen LogP contribution in [0.5, 0.6) is 5.75 Å². The van der Waals surface area contributed by atoms with E-state index in [0.717, 1.165) is 11.1 Å². The summed E-state index contributed by atoms with van der Waals surface area (Å²) >= 11 is 0. The fraction of sp³-hybridized carbons (Fsp3) is 0.278. The zero-order chi connectivity index (χ0) is 17.1. The Labute approximate surface area is 139 Å². The van der Waals surface area contributed by atoms with Crippen molar-refractivity contribution in [1.29, 1.82) is 0 Å². The summed E-state index contributed by atoms with van der Waals surface area (Å²) in [7, 11) is 1.58. The summed E-state index contributed by atoms with van der Waals surface area (Å²) in [5.74, 6) is -0.189. The molecule has 6 heteroatoms. The maximum absolute atomic E-state index is 12.4. The van der Waals surface area contributed by atoms with Crippen molar-refractivity contribution in [3.63, 3.8) is 0 Å². The van der Waals surface area contributed by atoms with Crippen LogP contribution in [-0.4, -0.2) is 24.0 Å². The first-order valence-corrected chi connectivity index (χ1v) is 7.73. The molecule has 0 radical (unpaired) electrons. The molecule has 0 heterocycles. The second kappa shape index (κ2) is 6.70. The van der Waals surface area contributed by atoms with Gasteiger partial charge in [0, 0.05) is 16.9 Å². The molecule has 124 valence electrons. The monoisotopic (exact) mass is 326 g/mol. The number of rotatable bonds is 6. The molecule has 1 aliphatic rings. The Hall–Kier alpha value is -2.89. The molecule has 0 aliphatic heterocycles. The molecule has 0 aromatic heterocycles. The van der Waals surface area contributed by atoms with Gasteiger partial charge in [0.05, 0.1) is 13.2 Å². The van der Waals surface area contributed by atoms with Crippen LogP contribution in [0.2, 0.25) is 0 Å². The number of carbonyl (C=O) groups excluding carboxylic acids is 1. The van der Waals surface area contributed by atoms with E-state index < -0.39 is 18.0 Å². The number of ether oxygens (including phenoxy) is 1. The van der Waals surface area contributed by atoms with Crippen LogP contribution in [0.3, 0.4) is 0 Å². The average Bonchev–Trinajstić information content (AvgIpc) is 3.41. The minimum absolute atomic E-state index is 0.295. The Morgan fingerprint density at radius 2 is 1.88 bits per heavy atom. The Balaban J connectivity index is 1.89. The van der Waals surface area contributed by atoms with Gasteiger partial charge in [-0.1, -0.05) is 48.5 Å².